The monoisotopic (exact) mass is 225 g/mol. The number of nitrogens with two attached hydrogens (primary N) is 1. The van der Waals surface area contributed by atoms with Gasteiger partial charge in [0.2, 0.25) is 0 Å². The van der Waals surface area contributed by atoms with Crippen LogP contribution in [0.4, 0.5) is 0 Å². The lowest BCUT2D eigenvalue weighted by molar-refractivity contribution is 0.209. The summed E-state index contributed by atoms with van der Waals surface area (Å²) in [5, 5.41) is 1.26. The number of nitrogens with zero attached hydrogens (tertiary/aromatic N) is 2. The third-order valence-electron chi connectivity index (χ3n) is 2.99. The minimum atomic E-state index is 0.627. The zero-order chi connectivity index (χ0) is 10.7. The van der Waals surface area contributed by atoms with Crippen molar-refractivity contribution in [3.05, 3.63) is 16.1 Å². The van der Waals surface area contributed by atoms with Gasteiger partial charge in [-0.1, -0.05) is 0 Å². The number of rotatable bonds is 3. The Morgan fingerprint density at radius 2 is 2.53 bits per heavy atom. The smallest absolute Gasteiger partial charge is 0.0931 e. The summed E-state index contributed by atoms with van der Waals surface area (Å²) >= 11 is 1.77. The van der Waals surface area contributed by atoms with Gasteiger partial charge in [-0.25, -0.2) is 4.98 Å². The van der Waals surface area contributed by atoms with Gasteiger partial charge >= 0.3 is 0 Å². The van der Waals surface area contributed by atoms with Crippen molar-refractivity contribution in [2.75, 3.05) is 20.1 Å². The Labute approximate surface area is 95.3 Å². The first-order chi connectivity index (χ1) is 7.28. The van der Waals surface area contributed by atoms with Gasteiger partial charge in [-0.3, -0.25) is 0 Å². The minimum Gasteiger partial charge on any atom is -0.326 e. The second kappa shape index (κ2) is 5.05. The first kappa shape index (κ1) is 11.0. The molecule has 1 aromatic rings. The molecule has 4 heteroatoms. The molecule has 2 N–H and O–H groups in total. The van der Waals surface area contributed by atoms with Crippen molar-refractivity contribution in [2.45, 2.75) is 25.8 Å². The average Bonchev–Trinajstić information content (AvgIpc) is 2.65. The van der Waals surface area contributed by atoms with E-state index in [1.165, 1.54) is 35.8 Å². The van der Waals surface area contributed by atoms with Crippen LogP contribution in [0.25, 0.3) is 0 Å². The second-order valence-electron chi connectivity index (χ2n) is 4.40. The van der Waals surface area contributed by atoms with Gasteiger partial charge in [0.15, 0.2) is 0 Å². The molecule has 1 aliphatic heterocycles. The Kier molecular flexibility index (Phi) is 3.72. The van der Waals surface area contributed by atoms with Crippen LogP contribution in [0.1, 0.15) is 22.7 Å². The van der Waals surface area contributed by atoms with Crippen molar-refractivity contribution in [3.63, 3.8) is 0 Å². The van der Waals surface area contributed by atoms with Crippen LogP contribution in [0.3, 0.4) is 0 Å². The van der Waals surface area contributed by atoms with Gasteiger partial charge in [0, 0.05) is 30.6 Å². The van der Waals surface area contributed by atoms with Gasteiger partial charge in [0.1, 0.15) is 0 Å². The molecule has 1 unspecified atom stereocenters. The zero-order valence-electron chi connectivity index (χ0n) is 9.28. The molecule has 1 saturated heterocycles. The predicted molar refractivity (Wildman–Crippen MR) is 63.9 cm³/mol. The third kappa shape index (κ3) is 3.00. The van der Waals surface area contributed by atoms with Crippen molar-refractivity contribution in [3.8, 4) is 0 Å². The molecule has 0 spiro atoms. The van der Waals surface area contributed by atoms with E-state index in [0.29, 0.717) is 6.54 Å². The molecule has 0 saturated carbocycles. The van der Waals surface area contributed by atoms with Crippen LogP contribution in [0.15, 0.2) is 6.20 Å². The summed E-state index contributed by atoms with van der Waals surface area (Å²) in [6.07, 6.45) is 5.74. The van der Waals surface area contributed by atoms with Crippen LogP contribution in [0.2, 0.25) is 0 Å². The molecule has 1 fully saturated rings. The summed E-state index contributed by atoms with van der Waals surface area (Å²) in [4.78, 5) is 8.05. The van der Waals surface area contributed by atoms with Crippen molar-refractivity contribution >= 4 is 11.3 Å². The van der Waals surface area contributed by atoms with Crippen molar-refractivity contribution in [1.29, 1.82) is 0 Å². The topological polar surface area (TPSA) is 42.2 Å². The highest BCUT2D eigenvalue weighted by Gasteiger charge is 2.18. The lowest BCUT2D eigenvalue weighted by Gasteiger charge is -2.29. The fourth-order valence-corrected chi connectivity index (χ4v) is 3.14. The Morgan fingerprint density at radius 3 is 3.20 bits per heavy atom. The highest BCUT2D eigenvalue weighted by atomic mass is 32.1. The number of aromatic nitrogens is 1. The number of piperidine rings is 1. The van der Waals surface area contributed by atoms with E-state index in [1.807, 2.05) is 6.20 Å². The van der Waals surface area contributed by atoms with E-state index in [4.69, 9.17) is 5.73 Å². The van der Waals surface area contributed by atoms with E-state index in [2.05, 4.69) is 16.9 Å². The standard InChI is InChI=1S/C11H19N3S/c1-14-4-2-3-9(8-14)5-11-13-7-10(6-12)15-11/h7,9H,2-6,8,12H2,1H3. The molecule has 0 amide bonds. The highest BCUT2D eigenvalue weighted by Crippen LogP contribution is 2.22. The molecular formula is C11H19N3S. The van der Waals surface area contributed by atoms with Crippen molar-refractivity contribution in [2.24, 2.45) is 11.7 Å². The van der Waals surface area contributed by atoms with Crippen LogP contribution >= 0.6 is 11.3 Å². The lowest BCUT2D eigenvalue weighted by Crippen LogP contribution is -2.32. The lowest BCUT2D eigenvalue weighted by atomic mass is 9.95. The maximum atomic E-state index is 5.58. The molecule has 0 radical (unpaired) electrons. The maximum Gasteiger partial charge on any atom is 0.0931 e. The summed E-state index contributed by atoms with van der Waals surface area (Å²) < 4.78 is 0. The predicted octanol–water partition coefficient (Wildman–Crippen LogP) is 1.49. The van der Waals surface area contributed by atoms with Gasteiger partial charge in [-0.2, -0.15) is 0 Å². The number of thiazole rings is 1. The second-order valence-corrected chi connectivity index (χ2v) is 5.60. The first-order valence-corrected chi connectivity index (χ1v) is 6.41. The van der Waals surface area contributed by atoms with Crippen LogP contribution < -0.4 is 5.73 Å². The molecule has 3 nitrogen and oxygen atoms in total. The first-order valence-electron chi connectivity index (χ1n) is 5.60. The van der Waals surface area contributed by atoms with Gasteiger partial charge in [-0.05, 0) is 32.4 Å². The normalized spacial score (nSPS) is 23.2. The highest BCUT2D eigenvalue weighted by molar-refractivity contribution is 7.11. The molecule has 0 aromatic carbocycles. The average molecular weight is 225 g/mol. The molecule has 2 heterocycles. The Morgan fingerprint density at radius 1 is 1.67 bits per heavy atom. The summed E-state index contributed by atoms with van der Waals surface area (Å²) in [5.41, 5.74) is 5.58. The summed E-state index contributed by atoms with van der Waals surface area (Å²) in [5.74, 6) is 0.792. The zero-order valence-corrected chi connectivity index (χ0v) is 10.1. The van der Waals surface area contributed by atoms with Crippen LogP contribution in [0.5, 0.6) is 0 Å². The summed E-state index contributed by atoms with van der Waals surface area (Å²) in [7, 11) is 2.21. The van der Waals surface area contributed by atoms with Gasteiger partial charge in [0.25, 0.3) is 0 Å². The fourth-order valence-electron chi connectivity index (χ4n) is 2.22. The Bertz CT molecular complexity index is 311. The summed E-state index contributed by atoms with van der Waals surface area (Å²) in [6.45, 7) is 3.10. The Hall–Kier alpha value is -0.450. The number of hydrogen-bond acceptors (Lipinski definition) is 4. The quantitative estimate of drug-likeness (QED) is 0.847. The van der Waals surface area contributed by atoms with E-state index in [1.54, 1.807) is 11.3 Å². The Balaban J connectivity index is 1.90. The van der Waals surface area contributed by atoms with Crippen molar-refractivity contribution in [1.82, 2.24) is 9.88 Å². The van der Waals surface area contributed by atoms with E-state index in [-0.39, 0.29) is 0 Å². The van der Waals surface area contributed by atoms with Crippen molar-refractivity contribution < 1.29 is 0 Å². The molecule has 0 bridgehead atoms. The minimum absolute atomic E-state index is 0.627. The summed E-state index contributed by atoms with van der Waals surface area (Å²) in [6, 6.07) is 0. The van der Waals surface area contributed by atoms with E-state index in [0.717, 1.165) is 12.3 Å². The molecule has 15 heavy (non-hydrogen) atoms. The van der Waals surface area contributed by atoms with E-state index in [9.17, 15) is 0 Å². The molecule has 1 aromatic heterocycles. The molecule has 2 rings (SSSR count). The van der Waals surface area contributed by atoms with Crippen LogP contribution in [-0.4, -0.2) is 30.0 Å². The molecule has 0 aliphatic carbocycles. The molecule has 84 valence electrons. The van der Waals surface area contributed by atoms with Crippen LogP contribution in [0, 0.1) is 5.92 Å². The molecule has 1 atom stereocenters. The molecule has 1 aliphatic rings. The number of likely N-dealkylation sites (tertiary alicyclic amines) is 1. The van der Waals surface area contributed by atoms with Gasteiger partial charge in [-0.15, -0.1) is 11.3 Å². The van der Waals surface area contributed by atoms with Gasteiger partial charge < -0.3 is 10.6 Å². The van der Waals surface area contributed by atoms with Gasteiger partial charge in [0.05, 0.1) is 5.01 Å². The SMILES string of the molecule is CN1CCCC(Cc2ncc(CN)s2)C1. The van der Waals surface area contributed by atoms with E-state index >= 15 is 0 Å². The maximum absolute atomic E-state index is 5.58. The van der Waals surface area contributed by atoms with Crippen LogP contribution in [-0.2, 0) is 13.0 Å². The van der Waals surface area contributed by atoms with E-state index < -0.39 is 0 Å². The number of hydrogen-bond donors (Lipinski definition) is 1. The fraction of sp³-hybridized carbons (Fsp3) is 0.727. The molecular weight excluding hydrogens is 206 g/mol. The largest absolute Gasteiger partial charge is 0.326 e. The third-order valence-corrected chi connectivity index (χ3v) is 4.03.